The van der Waals surface area contributed by atoms with Crippen molar-refractivity contribution in [3.63, 3.8) is 0 Å². The minimum absolute atomic E-state index is 0.160. The SMILES string of the molecule is COCCCNC(=O)c1ccc(C(=O)Nc2ccc(N(C)C)cc2)cc1. The number of nitrogens with one attached hydrogen (secondary N) is 2. The van der Waals surface area contributed by atoms with Gasteiger partial charge in [0, 0.05) is 56.9 Å². The fourth-order valence-corrected chi connectivity index (χ4v) is 2.34. The van der Waals surface area contributed by atoms with Crippen LogP contribution in [0.4, 0.5) is 11.4 Å². The zero-order chi connectivity index (χ0) is 18.9. The minimum atomic E-state index is -0.213. The van der Waals surface area contributed by atoms with E-state index in [4.69, 9.17) is 4.74 Å². The highest BCUT2D eigenvalue weighted by molar-refractivity contribution is 6.05. The highest BCUT2D eigenvalue weighted by Crippen LogP contribution is 2.16. The molecule has 0 aliphatic carbocycles. The standard InChI is InChI=1S/C20H25N3O3/c1-23(2)18-11-9-17(10-12-18)22-20(25)16-7-5-15(6-8-16)19(24)21-13-4-14-26-3/h5-12H,4,13-14H2,1-3H3,(H,21,24)(H,22,25). The normalized spacial score (nSPS) is 10.3. The fourth-order valence-electron chi connectivity index (χ4n) is 2.34. The lowest BCUT2D eigenvalue weighted by atomic mass is 10.1. The summed E-state index contributed by atoms with van der Waals surface area (Å²) in [6, 6.07) is 14.2. The average Bonchev–Trinajstić information content (AvgIpc) is 2.65. The zero-order valence-electron chi connectivity index (χ0n) is 15.4. The van der Waals surface area contributed by atoms with Gasteiger partial charge in [-0.15, -0.1) is 0 Å². The Bertz CT molecular complexity index is 725. The number of rotatable bonds is 8. The van der Waals surface area contributed by atoms with Gasteiger partial charge in [-0.1, -0.05) is 0 Å². The largest absolute Gasteiger partial charge is 0.385 e. The van der Waals surface area contributed by atoms with Crippen LogP contribution in [0.15, 0.2) is 48.5 Å². The number of methoxy groups -OCH3 is 1. The first kappa shape index (κ1) is 19.5. The average molecular weight is 355 g/mol. The topological polar surface area (TPSA) is 70.7 Å². The number of anilines is 2. The van der Waals surface area contributed by atoms with Crippen molar-refractivity contribution in [1.82, 2.24) is 5.32 Å². The van der Waals surface area contributed by atoms with Gasteiger partial charge in [-0.3, -0.25) is 9.59 Å². The maximum Gasteiger partial charge on any atom is 0.255 e. The number of carbonyl (C=O) groups excluding carboxylic acids is 2. The predicted octanol–water partition coefficient (Wildman–Crippen LogP) is 2.77. The Hall–Kier alpha value is -2.86. The molecule has 0 saturated carbocycles. The third kappa shape index (κ3) is 5.60. The fraction of sp³-hybridized carbons (Fsp3) is 0.300. The molecule has 0 saturated heterocycles. The Morgan fingerprint density at radius 3 is 2.04 bits per heavy atom. The molecule has 2 aromatic rings. The highest BCUT2D eigenvalue weighted by Gasteiger charge is 2.09. The third-order valence-electron chi connectivity index (χ3n) is 3.86. The third-order valence-corrected chi connectivity index (χ3v) is 3.86. The van der Waals surface area contributed by atoms with Crippen LogP contribution in [-0.4, -0.2) is 46.2 Å². The summed E-state index contributed by atoms with van der Waals surface area (Å²) in [5.41, 5.74) is 2.80. The van der Waals surface area contributed by atoms with Crippen molar-refractivity contribution in [3.8, 4) is 0 Å². The van der Waals surface area contributed by atoms with Crippen molar-refractivity contribution in [3.05, 3.63) is 59.7 Å². The van der Waals surface area contributed by atoms with Crippen LogP contribution in [0.25, 0.3) is 0 Å². The molecule has 0 radical (unpaired) electrons. The second-order valence-electron chi connectivity index (χ2n) is 6.08. The number of amides is 2. The molecule has 0 bridgehead atoms. The lowest BCUT2D eigenvalue weighted by Crippen LogP contribution is -2.25. The molecule has 6 heteroatoms. The van der Waals surface area contributed by atoms with E-state index < -0.39 is 0 Å². The molecular formula is C20H25N3O3. The van der Waals surface area contributed by atoms with Crippen LogP contribution in [0.5, 0.6) is 0 Å². The van der Waals surface area contributed by atoms with E-state index >= 15 is 0 Å². The van der Waals surface area contributed by atoms with Crippen molar-refractivity contribution in [2.75, 3.05) is 44.6 Å². The molecule has 2 amide bonds. The zero-order valence-corrected chi connectivity index (χ0v) is 15.4. The van der Waals surface area contributed by atoms with Crippen LogP contribution in [0.2, 0.25) is 0 Å². The van der Waals surface area contributed by atoms with Crippen LogP contribution in [0.3, 0.4) is 0 Å². The van der Waals surface area contributed by atoms with Gasteiger partial charge in [-0.2, -0.15) is 0 Å². The van der Waals surface area contributed by atoms with Crippen LogP contribution in [0.1, 0.15) is 27.1 Å². The Labute approximate surface area is 154 Å². The van der Waals surface area contributed by atoms with Gasteiger partial charge in [0.2, 0.25) is 0 Å². The van der Waals surface area contributed by atoms with Crippen LogP contribution in [0, 0.1) is 0 Å². The number of nitrogens with zero attached hydrogens (tertiary/aromatic N) is 1. The summed E-state index contributed by atoms with van der Waals surface area (Å²) in [4.78, 5) is 26.3. The molecule has 2 N–H and O–H groups in total. The highest BCUT2D eigenvalue weighted by atomic mass is 16.5. The Kier molecular flexibility index (Phi) is 7.17. The van der Waals surface area contributed by atoms with Gasteiger partial charge in [0.15, 0.2) is 0 Å². The summed E-state index contributed by atoms with van der Waals surface area (Å²) in [6.45, 7) is 1.16. The monoisotopic (exact) mass is 355 g/mol. The first-order valence-electron chi connectivity index (χ1n) is 8.47. The Morgan fingerprint density at radius 1 is 0.923 bits per heavy atom. The van der Waals surface area contributed by atoms with E-state index in [1.165, 1.54) is 0 Å². The maximum atomic E-state index is 12.3. The molecule has 0 aliphatic rings. The molecule has 2 aromatic carbocycles. The van der Waals surface area contributed by atoms with E-state index in [1.54, 1.807) is 31.4 Å². The number of benzene rings is 2. The molecule has 0 aromatic heterocycles. The van der Waals surface area contributed by atoms with E-state index in [-0.39, 0.29) is 11.8 Å². The first-order chi connectivity index (χ1) is 12.5. The predicted molar refractivity (Wildman–Crippen MR) is 104 cm³/mol. The van der Waals surface area contributed by atoms with Gasteiger partial charge in [-0.25, -0.2) is 0 Å². The Balaban J connectivity index is 1.92. The summed E-state index contributed by atoms with van der Waals surface area (Å²) in [5.74, 6) is -0.373. The molecule has 0 heterocycles. The van der Waals surface area contributed by atoms with E-state index in [9.17, 15) is 9.59 Å². The lowest BCUT2D eigenvalue weighted by molar-refractivity contribution is 0.0947. The van der Waals surface area contributed by atoms with E-state index in [0.717, 1.165) is 17.8 Å². The van der Waals surface area contributed by atoms with Gasteiger partial charge in [-0.05, 0) is 55.0 Å². The molecule has 0 fully saturated rings. The molecule has 0 aliphatic heterocycles. The maximum absolute atomic E-state index is 12.3. The quantitative estimate of drug-likeness (QED) is 0.715. The summed E-state index contributed by atoms with van der Waals surface area (Å²) in [6.07, 6.45) is 0.759. The van der Waals surface area contributed by atoms with Gasteiger partial charge >= 0.3 is 0 Å². The molecule has 0 spiro atoms. The molecule has 2 rings (SSSR count). The second kappa shape index (κ2) is 9.58. The van der Waals surface area contributed by atoms with Crippen molar-refractivity contribution in [2.24, 2.45) is 0 Å². The van der Waals surface area contributed by atoms with Crippen LogP contribution < -0.4 is 15.5 Å². The minimum Gasteiger partial charge on any atom is -0.385 e. The smallest absolute Gasteiger partial charge is 0.255 e. The van der Waals surface area contributed by atoms with E-state index in [0.29, 0.717) is 24.3 Å². The molecule has 0 atom stereocenters. The van der Waals surface area contributed by atoms with Crippen molar-refractivity contribution >= 4 is 23.2 Å². The van der Waals surface area contributed by atoms with Crippen molar-refractivity contribution < 1.29 is 14.3 Å². The molecule has 0 unspecified atom stereocenters. The van der Waals surface area contributed by atoms with Crippen molar-refractivity contribution in [1.29, 1.82) is 0 Å². The van der Waals surface area contributed by atoms with E-state index in [2.05, 4.69) is 10.6 Å². The van der Waals surface area contributed by atoms with Gasteiger partial charge < -0.3 is 20.3 Å². The summed E-state index contributed by atoms with van der Waals surface area (Å²) < 4.78 is 4.94. The Morgan fingerprint density at radius 2 is 1.50 bits per heavy atom. The number of hydrogen-bond acceptors (Lipinski definition) is 4. The van der Waals surface area contributed by atoms with Gasteiger partial charge in [0.1, 0.15) is 0 Å². The summed E-state index contributed by atoms with van der Waals surface area (Å²) >= 11 is 0. The lowest BCUT2D eigenvalue weighted by Gasteiger charge is -2.13. The number of hydrogen-bond donors (Lipinski definition) is 2. The van der Waals surface area contributed by atoms with Gasteiger partial charge in [0.25, 0.3) is 11.8 Å². The van der Waals surface area contributed by atoms with Gasteiger partial charge in [0.05, 0.1) is 0 Å². The number of carbonyl (C=O) groups is 2. The molecule has 6 nitrogen and oxygen atoms in total. The number of ether oxygens (including phenoxy) is 1. The molecule has 26 heavy (non-hydrogen) atoms. The van der Waals surface area contributed by atoms with Crippen molar-refractivity contribution in [2.45, 2.75) is 6.42 Å². The van der Waals surface area contributed by atoms with Crippen LogP contribution >= 0.6 is 0 Å². The summed E-state index contributed by atoms with van der Waals surface area (Å²) in [7, 11) is 5.55. The molecular weight excluding hydrogens is 330 g/mol. The molecule has 138 valence electrons. The van der Waals surface area contributed by atoms with Crippen LogP contribution in [-0.2, 0) is 4.74 Å². The second-order valence-corrected chi connectivity index (χ2v) is 6.08. The van der Waals surface area contributed by atoms with E-state index in [1.807, 2.05) is 43.3 Å². The first-order valence-corrected chi connectivity index (χ1v) is 8.47. The summed E-state index contributed by atoms with van der Waals surface area (Å²) in [5, 5.41) is 5.66.